The quantitative estimate of drug-likeness (QED) is 0.238. The standard InChI is InChI=1S/C27H28N6O6S/c1-37-26-25(33(39-17-34)40(35,36)22-7-8-22)15-19(16-29-26)18-2-9-23-24(14-18)32(27(28)30-23)21-5-3-20(4-6-21)31-10-12-38-13-11-31/h2-6,9,14-17,22H,7-8,10-13H2,1H3,(H2,28,30). The Labute approximate surface area is 230 Å². The number of nitrogens with two attached hydrogens (primary N) is 1. The van der Waals surface area contributed by atoms with Crippen LogP contribution in [-0.2, 0) is 24.4 Å². The van der Waals surface area contributed by atoms with Crippen LogP contribution in [0.1, 0.15) is 12.8 Å². The largest absolute Gasteiger partial charge is 0.479 e. The highest BCUT2D eigenvalue weighted by atomic mass is 32.2. The summed E-state index contributed by atoms with van der Waals surface area (Å²) in [5, 5.41) is -0.621. The Hall–Kier alpha value is -4.36. The number of carbonyl (C=O) groups is 1. The smallest absolute Gasteiger partial charge is 0.322 e. The van der Waals surface area contributed by atoms with E-state index in [1.54, 1.807) is 12.3 Å². The molecule has 0 unspecified atom stereocenters. The van der Waals surface area contributed by atoms with E-state index >= 15 is 0 Å². The molecule has 40 heavy (non-hydrogen) atoms. The van der Waals surface area contributed by atoms with Gasteiger partial charge in [-0.3, -0.25) is 9.36 Å². The number of methoxy groups -OCH3 is 1. The first kappa shape index (κ1) is 25.9. The third-order valence-electron chi connectivity index (χ3n) is 7.04. The number of carbonyl (C=O) groups excluding carboxylic acids is 1. The zero-order valence-corrected chi connectivity index (χ0v) is 22.6. The third-order valence-corrected chi connectivity index (χ3v) is 9.09. The molecule has 2 N–H and O–H groups in total. The van der Waals surface area contributed by atoms with Crippen LogP contribution in [0.25, 0.3) is 27.8 Å². The van der Waals surface area contributed by atoms with E-state index in [4.69, 9.17) is 20.0 Å². The van der Waals surface area contributed by atoms with Crippen molar-refractivity contribution in [2.45, 2.75) is 18.1 Å². The van der Waals surface area contributed by atoms with Crippen LogP contribution in [0.15, 0.2) is 54.7 Å². The van der Waals surface area contributed by atoms with Crippen molar-refractivity contribution in [1.82, 2.24) is 14.5 Å². The third kappa shape index (κ3) is 4.67. The molecule has 2 aromatic carbocycles. The van der Waals surface area contributed by atoms with E-state index in [1.165, 1.54) is 7.11 Å². The number of nitrogen functional groups attached to an aromatic ring is 1. The van der Waals surface area contributed by atoms with Gasteiger partial charge in [0.2, 0.25) is 11.8 Å². The average molecular weight is 565 g/mol. The molecule has 0 spiro atoms. The number of ether oxygens (including phenoxy) is 2. The van der Waals surface area contributed by atoms with Crippen molar-refractivity contribution in [3.05, 3.63) is 54.7 Å². The summed E-state index contributed by atoms with van der Waals surface area (Å²) in [5.41, 5.74) is 11.1. The predicted octanol–water partition coefficient (Wildman–Crippen LogP) is 2.90. The second kappa shape index (κ2) is 10.3. The highest BCUT2D eigenvalue weighted by molar-refractivity contribution is 7.93. The Bertz CT molecular complexity index is 1660. The first-order valence-corrected chi connectivity index (χ1v) is 14.3. The fraction of sp³-hybridized carbons (Fsp3) is 0.296. The van der Waals surface area contributed by atoms with E-state index in [0.717, 1.165) is 35.5 Å². The maximum atomic E-state index is 13.0. The minimum absolute atomic E-state index is 0.00514. The van der Waals surface area contributed by atoms with Crippen molar-refractivity contribution >= 4 is 44.9 Å². The first-order chi connectivity index (χ1) is 19.4. The van der Waals surface area contributed by atoms with Crippen LogP contribution in [0.4, 0.5) is 17.3 Å². The number of sulfonamides is 1. The summed E-state index contributed by atoms with van der Waals surface area (Å²) in [6, 6.07) is 15.3. The Balaban J connectivity index is 1.39. The number of pyridine rings is 1. The van der Waals surface area contributed by atoms with E-state index < -0.39 is 15.3 Å². The lowest BCUT2D eigenvalue weighted by atomic mass is 10.1. The predicted molar refractivity (Wildman–Crippen MR) is 150 cm³/mol. The topological polar surface area (TPSA) is 142 Å². The molecule has 1 saturated carbocycles. The van der Waals surface area contributed by atoms with Crippen LogP contribution >= 0.6 is 0 Å². The number of benzene rings is 2. The summed E-state index contributed by atoms with van der Waals surface area (Å²) in [6.45, 7) is 3.17. The van der Waals surface area contributed by atoms with E-state index in [1.807, 2.05) is 34.9 Å². The minimum atomic E-state index is -3.94. The van der Waals surface area contributed by atoms with E-state index in [0.29, 0.717) is 47.6 Å². The van der Waals surface area contributed by atoms with Crippen molar-refractivity contribution in [3.63, 3.8) is 0 Å². The molecular formula is C27H28N6O6S. The van der Waals surface area contributed by atoms with Crippen molar-refractivity contribution in [2.75, 3.05) is 48.5 Å². The van der Waals surface area contributed by atoms with Crippen molar-refractivity contribution in [1.29, 1.82) is 0 Å². The molecule has 13 heteroatoms. The van der Waals surface area contributed by atoms with Gasteiger partial charge in [-0.15, -0.1) is 0 Å². The number of hydrogen-bond acceptors (Lipinski definition) is 10. The maximum absolute atomic E-state index is 13.0. The molecule has 3 heterocycles. The Morgan fingerprint density at radius 1 is 1.05 bits per heavy atom. The van der Waals surface area contributed by atoms with Gasteiger partial charge in [-0.1, -0.05) is 10.5 Å². The van der Waals surface area contributed by atoms with Crippen LogP contribution in [-0.4, -0.2) is 68.1 Å². The summed E-state index contributed by atoms with van der Waals surface area (Å²) >= 11 is 0. The normalized spacial score (nSPS) is 15.7. The molecule has 0 radical (unpaired) electrons. The first-order valence-electron chi connectivity index (χ1n) is 12.8. The highest BCUT2D eigenvalue weighted by Gasteiger charge is 2.43. The second-order valence-electron chi connectivity index (χ2n) is 9.55. The van der Waals surface area contributed by atoms with Gasteiger partial charge >= 0.3 is 6.47 Å². The van der Waals surface area contributed by atoms with Crippen LogP contribution in [0.3, 0.4) is 0 Å². The Morgan fingerprint density at radius 3 is 2.45 bits per heavy atom. The summed E-state index contributed by atoms with van der Waals surface area (Å²) in [6.07, 6.45) is 2.55. The molecule has 0 atom stereocenters. The van der Waals surface area contributed by atoms with Gasteiger partial charge in [0.15, 0.2) is 5.69 Å². The van der Waals surface area contributed by atoms with Crippen molar-refractivity contribution in [3.8, 4) is 22.7 Å². The maximum Gasteiger partial charge on any atom is 0.322 e. The second-order valence-corrected chi connectivity index (χ2v) is 11.6. The molecule has 1 aliphatic heterocycles. The summed E-state index contributed by atoms with van der Waals surface area (Å²) < 4.78 is 39.3. The molecule has 6 rings (SSSR count). The molecule has 12 nitrogen and oxygen atoms in total. The molecule has 1 aliphatic carbocycles. The molecule has 0 amide bonds. The summed E-state index contributed by atoms with van der Waals surface area (Å²) in [5.74, 6) is 0.339. The van der Waals surface area contributed by atoms with E-state index in [2.05, 4.69) is 27.0 Å². The number of imidazole rings is 1. The van der Waals surface area contributed by atoms with Gasteiger partial charge in [0.05, 0.1) is 36.6 Å². The van der Waals surface area contributed by atoms with E-state index in [9.17, 15) is 13.2 Å². The number of hydrogen-bond donors (Lipinski definition) is 1. The van der Waals surface area contributed by atoms with Crippen LogP contribution in [0, 0.1) is 0 Å². The fourth-order valence-electron chi connectivity index (χ4n) is 4.86. The number of nitrogens with zero attached hydrogens (tertiary/aromatic N) is 5. The lowest BCUT2D eigenvalue weighted by molar-refractivity contribution is -0.128. The average Bonchev–Trinajstić information content (AvgIpc) is 3.79. The number of anilines is 3. The minimum Gasteiger partial charge on any atom is -0.479 e. The molecule has 1 saturated heterocycles. The molecular weight excluding hydrogens is 536 g/mol. The van der Waals surface area contributed by atoms with Gasteiger partial charge in [-0.2, -0.15) is 0 Å². The van der Waals surface area contributed by atoms with Gasteiger partial charge in [-0.05, 0) is 60.9 Å². The van der Waals surface area contributed by atoms with E-state index in [-0.39, 0.29) is 18.0 Å². The van der Waals surface area contributed by atoms with Crippen LogP contribution in [0.5, 0.6) is 5.88 Å². The molecule has 0 bridgehead atoms. The van der Waals surface area contributed by atoms with Crippen LogP contribution < -0.4 is 19.8 Å². The van der Waals surface area contributed by atoms with Crippen LogP contribution in [0.2, 0.25) is 0 Å². The van der Waals surface area contributed by atoms with Gasteiger partial charge in [0, 0.05) is 36.2 Å². The summed E-state index contributed by atoms with van der Waals surface area (Å²) in [7, 11) is -2.57. The fourth-order valence-corrected chi connectivity index (χ4v) is 6.42. The van der Waals surface area contributed by atoms with Gasteiger partial charge in [0.25, 0.3) is 10.0 Å². The monoisotopic (exact) mass is 564 g/mol. The molecule has 2 aromatic heterocycles. The molecule has 2 aliphatic rings. The Kier molecular flexibility index (Phi) is 6.68. The zero-order chi connectivity index (χ0) is 27.9. The Morgan fingerprint density at radius 2 is 1.77 bits per heavy atom. The molecule has 4 aromatic rings. The van der Waals surface area contributed by atoms with Gasteiger partial charge in [0.1, 0.15) is 0 Å². The van der Waals surface area contributed by atoms with Gasteiger partial charge < -0.3 is 24.9 Å². The highest BCUT2D eigenvalue weighted by Crippen LogP contribution is 2.39. The van der Waals surface area contributed by atoms with Gasteiger partial charge in [-0.25, -0.2) is 18.4 Å². The zero-order valence-electron chi connectivity index (χ0n) is 21.8. The SMILES string of the molecule is COc1ncc(-c2ccc3nc(N)n(-c4ccc(N5CCOCC5)cc4)c3c2)cc1N(OC=O)S(=O)(=O)C1CC1. The molecule has 208 valence electrons. The number of aromatic nitrogens is 3. The lowest BCUT2D eigenvalue weighted by Gasteiger charge is -2.29. The van der Waals surface area contributed by atoms with Crippen molar-refractivity contribution < 1.29 is 27.5 Å². The lowest BCUT2D eigenvalue weighted by Crippen LogP contribution is -2.36. The number of fused-ring (bicyclic) bond motifs is 1. The number of rotatable bonds is 9. The van der Waals surface area contributed by atoms with Crippen molar-refractivity contribution in [2.24, 2.45) is 0 Å². The number of morpholine rings is 1. The molecule has 2 fully saturated rings. The summed E-state index contributed by atoms with van der Waals surface area (Å²) in [4.78, 5) is 27.3.